The molecule has 1 aliphatic rings. The predicted molar refractivity (Wildman–Crippen MR) is 102 cm³/mol. The van der Waals surface area contributed by atoms with Crippen LogP contribution in [-0.4, -0.2) is 31.4 Å². The number of aromatic nitrogens is 2. The Bertz CT molecular complexity index is 1170. The van der Waals surface area contributed by atoms with Crippen LogP contribution in [0.25, 0.3) is 22.3 Å². The number of carbonyl (C=O) groups is 1. The fourth-order valence-electron chi connectivity index (χ4n) is 2.61. The molecule has 1 aliphatic heterocycles. The van der Waals surface area contributed by atoms with E-state index in [9.17, 15) is 19.7 Å². The molecule has 3 aromatic rings. The number of hydrogen-bond acceptors (Lipinski definition) is 7. The van der Waals surface area contributed by atoms with Gasteiger partial charge in [0.25, 0.3) is 11.2 Å². The number of hydrogen-bond donors (Lipinski definition) is 1. The van der Waals surface area contributed by atoms with E-state index in [0.717, 1.165) is 16.4 Å². The lowest BCUT2D eigenvalue weighted by Gasteiger charge is -2.10. The van der Waals surface area contributed by atoms with Crippen LogP contribution in [0.5, 0.6) is 0 Å². The molecule has 10 heteroatoms. The highest BCUT2D eigenvalue weighted by Gasteiger charge is 2.20. The van der Waals surface area contributed by atoms with Crippen molar-refractivity contribution in [2.24, 2.45) is 5.10 Å². The Morgan fingerprint density at radius 3 is 2.63 bits per heavy atom. The van der Waals surface area contributed by atoms with Gasteiger partial charge in [0, 0.05) is 17.7 Å². The zero-order valence-corrected chi connectivity index (χ0v) is 14.5. The second-order valence-electron chi connectivity index (χ2n) is 5.62. The van der Waals surface area contributed by atoms with E-state index in [2.05, 4.69) is 15.4 Å². The summed E-state index contributed by atoms with van der Waals surface area (Å²) in [6, 6.07) is 12.9. The molecular weight excluding hydrogens is 370 g/mol. The van der Waals surface area contributed by atoms with Gasteiger partial charge >= 0.3 is 0 Å². The van der Waals surface area contributed by atoms with Gasteiger partial charge < -0.3 is 5.32 Å². The van der Waals surface area contributed by atoms with E-state index < -0.39 is 10.5 Å². The minimum absolute atomic E-state index is 0.0718. The smallest absolute Gasteiger partial charge is 0.282 e. The van der Waals surface area contributed by atoms with Gasteiger partial charge in [-0.15, -0.1) is 5.10 Å². The molecule has 1 fully saturated rings. The molecule has 1 aromatic heterocycles. The van der Waals surface area contributed by atoms with Crippen LogP contribution in [0, 0.1) is 10.1 Å². The first-order valence-corrected chi connectivity index (χ1v) is 8.80. The van der Waals surface area contributed by atoms with E-state index in [-0.39, 0.29) is 33.7 Å². The monoisotopic (exact) mass is 381 g/mol. The van der Waals surface area contributed by atoms with Crippen molar-refractivity contribution >= 4 is 39.4 Å². The number of nitro groups is 1. The number of amides is 1. The van der Waals surface area contributed by atoms with Crippen LogP contribution in [0.15, 0.2) is 58.4 Å². The molecule has 9 nitrogen and oxygen atoms in total. The standard InChI is InChI=1S/C17H11N5O4S/c23-14-9-27-17(19-14)20-21-15(10-4-2-1-3-5-10)18-13-7-6-11(22(25)26)8-12(13)16(21)24/h1-8H,9H2,(H,19,20,23). The van der Waals surface area contributed by atoms with E-state index >= 15 is 0 Å². The maximum absolute atomic E-state index is 13.0. The Balaban J connectivity index is 2.01. The Kier molecular flexibility index (Phi) is 4.16. The lowest BCUT2D eigenvalue weighted by molar-refractivity contribution is -0.384. The molecule has 0 unspecified atom stereocenters. The van der Waals surface area contributed by atoms with Gasteiger partial charge in [0.1, 0.15) is 0 Å². The molecule has 1 saturated heterocycles. The Morgan fingerprint density at radius 2 is 1.96 bits per heavy atom. The number of nitrogens with zero attached hydrogens (tertiary/aromatic N) is 4. The zero-order valence-electron chi connectivity index (χ0n) is 13.7. The van der Waals surface area contributed by atoms with E-state index in [1.807, 2.05) is 6.07 Å². The van der Waals surface area contributed by atoms with Crippen LogP contribution < -0.4 is 10.9 Å². The van der Waals surface area contributed by atoms with E-state index in [1.165, 1.54) is 18.2 Å². The van der Waals surface area contributed by atoms with Gasteiger partial charge in [0.15, 0.2) is 11.0 Å². The van der Waals surface area contributed by atoms with E-state index in [1.54, 1.807) is 24.3 Å². The highest BCUT2D eigenvalue weighted by molar-refractivity contribution is 8.15. The third-order valence-electron chi connectivity index (χ3n) is 3.85. The minimum atomic E-state index is -0.576. The maximum Gasteiger partial charge on any atom is 0.282 e. The van der Waals surface area contributed by atoms with Crippen molar-refractivity contribution in [2.45, 2.75) is 0 Å². The van der Waals surface area contributed by atoms with Crippen molar-refractivity contribution in [3.8, 4) is 11.4 Å². The molecule has 0 saturated carbocycles. The van der Waals surface area contributed by atoms with Crippen molar-refractivity contribution in [2.75, 3.05) is 5.75 Å². The van der Waals surface area contributed by atoms with Crippen molar-refractivity contribution in [1.82, 2.24) is 15.0 Å². The van der Waals surface area contributed by atoms with Crippen LogP contribution >= 0.6 is 11.8 Å². The molecule has 4 rings (SSSR count). The molecule has 134 valence electrons. The normalized spacial score (nSPS) is 15.3. The average molecular weight is 381 g/mol. The second kappa shape index (κ2) is 6.65. The highest BCUT2D eigenvalue weighted by Crippen LogP contribution is 2.22. The SMILES string of the molecule is O=C1CS/C(=N\n2c(-c3ccccc3)nc3ccc([N+](=O)[O-])cc3c2=O)N1. The average Bonchev–Trinajstić information content (AvgIpc) is 3.09. The fraction of sp³-hybridized carbons (Fsp3) is 0.0588. The summed E-state index contributed by atoms with van der Waals surface area (Å²) in [5, 5.41) is 18.2. The molecule has 2 heterocycles. The van der Waals surface area contributed by atoms with Crippen molar-refractivity contribution in [1.29, 1.82) is 0 Å². The molecule has 0 atom stereocenters. The van der Waals surface area contributed by atoms with Gasteiger partial charge in [-0.05, 0) is 6.07 Å². The van der Waals surface area contributed by atoms with E-state index in [0.29, 0.717) is 11.1 Å². The molecule has 1 N–H and O–H groups in total. The van der Waals surface area contributed by atoms with Crippen LogP contribution in [0.1, 0.15) is 0 Å². The first-order chi connectivity index (χ1) is 13.0. The summed E-state index contributed by atoms with van der Waals surface area (Å²) in [7, 11) is 0. The van der Waals surface area contributed by atoms with Crippen LogP contribution in [0.4, 0.5) is 5.69 Å². The lowest BCUT2D eigenvalue weighted by atomic mass is 10.2. The molecule has 0 spiro atoms. The van der Waals surface area contributed by atoms with Gasteiger partial charge in [-0.25, -0.2) is 4.98 Å². The van der Waals surface area contributed by atoms with Crippen molar-refractivity contribution in [3.05, 3.63) is 69.0 Å². The first kappa shape index (κ1) is 16.9. The summed E-state index contributed by atoms with van der Waals surface area (Å²) >= 11 is 1.16. The van der Waals surface area contributed by atoms with Crippen molar-refractivity contribution < 1.29 is 9.72 Å². The Labute approximate surface area is 155 Å². The summed E-state index contributed by atoms with van der Waals surface area (Å²) < 4.78 is 1.06. The van der Waals surface area contributed by atoms with Crippen molar-refractivity contribution in [3.63, 3.8) is 0 Å². The largest absolute Gasteiger partial charge is 0.303 e. The number of nitrogens with one attached hydrogen (secondary N) is 1. The number of carbonyl (C=O) groups excluding carboxylic acids is 1. The van der Waals surface area contributed by atoms with Gasteiger partial charge in [-0.3, -0.25) is 19.7 Å². The van der Waals surface area contributed by atoms with Gasteiger partial charge in [0.05, 0.1) is 21.6 Å². The zero-order chi connectivity index (χ0) is 19.0. The van der Waals surface area contributed by atoms with Crippen LogP contribution in [0.3, 0.4) is 0 Å². The quantitative estimate of drug-likeness (QED) is 0.547. The molecule has 0 aliphatic carbocycles. The topological polar surface area (TPSA) is 119 Å². The molecule has 0 bridgehead atoms. The second-order valence-corrected chi connectivity index (χ2v) is 6.58. The van der Waals surface area contributed by atoms with Crippen LogP contribution in [-0.2, 0) is 4.79 Å². The summed E-state index contributed by atoms with van der Waals surface area (Å²) in [5.41, 5.74) is 0.200. The molecule has 27 heavy (non-hydrogen) atoms. The number of benzene rings is 2. The molecule has 2 aromatic carbocycles. The van der Waals surface area contributed by atoms with Gasteiger partial charge in [0.2, 0.25) is 5.91 Å². The Hall–Kier alpha value is -3.53. The Morgan fingerprint density at radius 1 is 1.19 bits per heavy atom. The number of thioether (sulfide) groups is 1. The van der Waals surface area contributed by atoms with Crippen LogP contribution in [0.2, 0.25) is 0 Å². The number of rotatable bonds is 3. The molecule has 0 radical (unpaired) electrons. The number of non-ortho nitro benzene ring substituents is 1. The lowest BCUT2D eigenvalue weighted by Crippen LogP contribution is -2.25. The summed E-state index contributed by atoms with van der Waals surface area (Å²) in [5.74, 6) is 0.273. The summed E-state index contributed by atoms with van der Waals surface area (Å²) in [4.78, 5) is 39.4. The molecular formula is C17H11N5O4S. The minimum Gasteiger partial charge on any atom is -0.303 e. The van der Waals surface area contributed by atoms with Gasteiger partial charge in [-0.1, -0.05) is 42.1 Å². The third-order valence-corrected chi connectivity index (χ3v) is 4.71. The number of amidine groups is 1. The fourth-order valence-corrected chi connectivity index (χ4v) is 3.28. The first-order valence-electron chi connectivity index (χ1n) is 7.81. The predicted octanol–water partition coefficient (Wildman–Crippen LogP) is 1.95. The highest BCUT2D eigenvalue weighted by atomic mass is 32.2. The van der Waals surface area contributed by atoms with Gasteiger partial charge in [-0.2, -0.15) is 4.68 Å². The number of nitro benzene ring substituents is 1. The maximum atomic E-state index is 13.0. The summed E-state index contributed by atoms with van der Waals surface area (Å²) in [6.45, 7) is 0. The summed E-state index contributed by atoms with van der Waals surface area (Å²) in [6.07, 6.45) is 0. The van der Waals surface area contributed by atoms with E-state index in [4.69, 9.17) is 0 Å². The number of fused-ring (bicyclic) bond motifs is 1. The third kappa shape index (κ3) is 3.17. The molecule has 1 amide bonds.